The van der Waals surface area contributed by atoms with E-state index in [2.05, 4.69) is 34.9 Å². The van der Waals surface area contributed by atoms with Crippen molar-refractivity contribution in [1.82, 2.24) is 14.1 Å². The van der Waals surface area contributed by atoms with E-state index in [4.69, 9.17) is 30.9 Å². The van der Waals surface area contributed by atoms with E-state index < -0.39 is 12.3 Å². The Morgan fingerprint density at radius 2 is 2.11 bits per heavy atom. The Morgan fingerprint density at radius 3 is 2.81 bits per heavy atom. The lowest BCUT2D eigenvalue weighted by Crippen LogP contribution is -2.44. The molecule has 1 fully saturated rings. The van der Waals surface area contributed by atoms with Crippen LogP contribution in [0.25, 0.3) is 10.4 Å². The molecule has 200 valence electrons. The van der Waals surface area contributed by atoms with Gasteiger partial charge in [0, 0.05) is 43.1 Å². The second kappa shape index (κ2) is 16.1. The quantitative estimate of drug-likeness (QED) is 0.0906. The van der Waals surface area contributed by atoms with Crippen LogP contribution in [-0.2, 0) is 14.2 Å². The predicted molar refractivity (Wildman–Crippen MR) is 137 cm³/mol. The molecule has 13 heteroatoms. The van der Waals surface area contributed by atoms with Gasteiger partial charge in [-0.1, -0.05) is 11.5 Å². The highest BCUT2D eigenvalue weighted by Crippen LogP contribution is 2.26. The van der Waals surface area contributed by atoms with Gasteiger partial charge >= 0.3 is 6.16 Å². The van der Waals surface area contributed by atoms with Crippen LogP contribution in [0.1, 0.15) is 46.5 Å². The predicted octanol–water partition coefficient (Wildman–Crippen LogP) is 3.78. The number of nitrogens with zero attached hydrogens (tertiary/aromatic N) is 6. The van der Waals surface area contributed by atoms with Crippen molar-refractivity contribution >= 4 is 23.7 Å². The minimum absolute atomic E-state index is 0.0785. The Hall–Kier alpha value is -2.78. The summed E-state index contributed by atoms with van der Waals surface area (Å²) in [6.07, 6.45) is 6.99. The summed E-state index contributed by atoms with van der Waals surface area (Å²) in [6, 6.07) is 0. The third-order valence-electron chi connectivity index (χ3n) is 5.31. The number of hydrogen-bond acceptors (Lipinski definition) is 11. The fourth-order valence-electron chi connectivity index (χ4n) is 3.36. The lowest BCUT2D eigenvalue weighted by molar-refractivity contribution is -0.00126. The summed E-state index contributed by atoms with van der Waals surface area (Å²) in [5.74, 6) is 3.57. The van der Waals surface area contributed by atoms with Crippen LogP contribution in [0, 0.1) is 18.3 Å². The topological polar surface area (TPSA) is 144 Å². The second-order valence-electron chi connectivity index (χ2n) is 9.46. The van der Waals surface area contributed by atoms with Crippen molar-refractivity contribution in [2.45, 2.75) is 58.1 Å². The summed E-state index contributed by atoms with van der Waals surface area (Å²) in [7, 11) is 0. The maximum absolute atomic E-state index is 12.5. The number of morpholine rings is 1. The van der Waals surface area contributed by atoms with Crippen LogP contribution in [0.5, 0.6) is 5.88 Å². The molecule has 1 aliphatic heterocycles. The van der Waals surface area contributed by atoms with E-state index in [9.17, 15) is 4.79 Å². The lowest BCUT2D eigenvalue weighted by atomic mass is 10.0. The SMILES string of the molecule is C#CCCCCC(CN=[N+]=[N-])COC(=O)O[C@@H](CNC(C)(C)C)COc1nsnc1N1CCOCC1. The normalized spacial score (nSPS) is 15.3. The zero-order valence-corrected chi connectivity index (χ0v) is 22.2. The molecule has 0 spiro atoms. The number of carbonyl (C=O) groups excluding carboxylic acids is 1. The summed E-state index contributed by atoms with van der Waals surface area (Å²) < 4.78 is 30.9. The summed E-state index contributed by atoms with van der Waals surface area (Å²) in [4.78, 5) is 17.4. The molecule has 1 aromatic heterocycles. The maximum atomic E-state index is 12.5. The fourth-order valence-corrected chi connectivity index (χ4v) is 3.88. The molecule has 1 aliphatic rings. The monoisotopic (exact) mass is 523 g/mol. The van der Waals surface area contributed by atoms with Crippen molar-refractivity contribution < 1.29 is 23.7 Å². The Morgan fingerprint density at radius 1 is 1.33 bits per heavy atom. The van der Waals surface area contributed by atoms with Gasteiger partial charge < -0.3 is 29.2 Å². The molecule has 0 aromatic carbocycles. The summed E-state index contributed by atoms with van der Waals surface area (Å²) >= 11 is 1.07. The smallest absolute Gasteiger partial charge is 0.470 e. The number of anilines is 1. The molecule has 1 unspecified atom stereocenters. The van der Waals surface area contributed by atoms with Crippen molar-refractivity contribution in [3.05, 3.63) is 10.4 Å². The number of nitrogens with one attached hydrogen (secondary N) is 1. The molecule has 0 amide bonds. The zero-order valence-electron chi connectivity index (χ0n) is 21.4. The number of unbranched alkanes of at least 4 members (excludes halogenated alkanes) is 2. The number of terminal acetylenes is 1. The number of rotatable bonds is 15. The molecule has 0 bridgehead atoms. The Bertz CT molecular complexity index is 873. The molecular formula is C23H37N7O5S. The number of azide groups is 1. The van der Waals surface area contributed by atoms with E-state index in [0.717, 1.165) is 31.0 Å². The van der Waals surface area contributed by atoms with Crippen molar-refractivity contribution in [2.24, 2.45) is 11.0 Å². The molecule has 1 N–H and O–H groups in total. The first-order valence-corrected chi connectivity index (χ1v) is 12.9. The van der Waals surface area contributed by atoms with Gasteiger partial charge in [-0.3, -0.25) is 0 Å². The molecule has 36 heavy (non-hydrogen) atoms. The Balaban J connectivity index is 1.92. The number of carbonyl (C=O) groups is 1. The standard InChI is InChI=1S/C23H37N7O5S/c1-5-6-7-8-9-18(14-26-29-24)16-34-22(31)35-19(15-25-23(2,3)4)17-33-21-20(27-36-28-21)30-10-12-32-13-11-30/h1,18-19,25H,6-17H2,2-4H3/t18?,19-/m0/s1. The van der Waals surface area contributed by atoms with Crippen LogP contribution in [0.3, 0.4) is 0 Å². The molecular weight excluding hydrogens is 486 g/mol. The first-order valence-electron chi connectivity index (χ1n) is 12.1. The molecule has 1 saturated heterocycles. The van der Waals surface area contributed by atoms with Gasteiger partial charge in [-0.05, 0) is 45.1 Å². The molecule has 0 aliphatic carbocycles. The van der Waals surface area contributed by atoms with Crippen molar-refractivity contribution in [3.63, 3.8) is 0 Å². The lowest BCUT2D eigenvalue weighted by Gasteiger charge is -2.27. The van der Waals surface area contributed by atoms with Crippen molar-refractivity contribution in [3.8, 4) is 18.2 Å². The van der Waals surface area contributed by atoms with E-state index in [1.54, 1.807) is 0 Å². The van der Waals surface area contributed by atoms with Gasteiger partial charge in [0.25, 0.3) is 5.88 Å². The number of hydrogen-bond donors (Lipinski definition) is 1. The summed E-state index contributed by atoms with van der Waals surface area (Å²) in [5, 5.41) is 6.95. The molecule has 1 aromatic rings. The number of aromatic nitrogens is 2. The van der Waals surface area contributed by atoms with E-state index in [1.807, 2.05) is 20.8 Å². The first kappa shape index (κ1) is 29.5. The van der Waals surface area contributed by atoms with Crippen molar-refractivity contribution in [2.75, 3.05) is 57.5 Å². The highest BCUT2D eigenvalue weighted by molar-refractivity contribution is 6.99. The van der Waals surface area contributed by atoms with Gasteiger partial charge in [-0.25, -0.2) is 4.79 Å². The molecule has 2 rings (SSSR count). The Kier molecular flexibility index (Phi) is 13.1. The van der Waals surface area contributed by atoms with Crippen LogP contribution >= 0.6 is 11.7 Å². The summed E-state index contributed by atoms with van der Waals surface area (Å²) in [6.45, 7) is 9.47. The fraction of sp³-hybridized carbons (Fsp3) is 0.783. The average Bonchev–Trinajstić information content (AvgIpc) is 3.33. The molecule has 0 saturated carbocycles. The highest BCUT2D eigenvalue weighted by Gasteiger charge is 2.24. The van der Waals surface area contributed by atoms with Gasteiger partial charge in [-0.15, -0.1) is 16.7 Å². The first-order chi connectivity index (χ1) is 17.3. The van der Waals surface area contributed by atoms with E-state index in [1.165, 1.54) is 0 Å². The van der Waals surface area contributed by atoms with E-state index >= 15 is 0 Å². The average molecular weight is 524 g/mol. The van der Waals surface area contributed by atoms with E-state index in [0.29, 0.717) is 51.0 Å². The van der Waals surface area contributed by atoms with Crippen LogP contribution in [0.15, 0.2) is 5.11 Å². The third-order valence-corrected chi connectivity index (χ3v) is 5.81. The van der Waals surface area contributed by atoms with Gasteiger partial charge in [0.2, 0.25) is 5.82 Å². The minimum Gasteiger partial charge on any atom is -0.470 e. The zero-order chi connectivity index (χ0) is 26.2. The van der Waals surface area contributed by atoms with Gasteiger partial charge in [0.1, 0.15) is 6.61 Å². The largest absolute Gasteiger partial charge is 0.508 e. The molecule has 2 heterocycles. The molecule has 0 radical (unpaired) electrons. The minimum atomic E-state index is -0.807. The van der Waals surface area contributed by atoms with E-state index in [-0.39, 0.29) is 31.2 Å². The van der Waals surface area contributed by atoms with Crippen LogP contribution in [-0.4, -0.2) is 79.2 Å². The van der Waals surface area contributed by atoms with Crippen LogP contribution < -0.4 is 15.0 Å². The van der Waals surface area contributed by atoms with Gasteiger partial charge in [0.15, 0.2) is 6.10 Å². The molecule has 2 atom stereocenters. The van der Waals surface area contributed by atoms with Gasteiger partial charge in [0.05, 0.1) is 31.5 Å². The van der Waals surface area contributed by atoms with Crippen LogP contribution in [0.4, 0.5) is 10.6 Å². The third kappa shape index (κ3) is 11.8. The second-order valence-corrected chi connectivity index (χ2v) is 9.99. The molecule has 12 nitrogen and oxygen atoms in total. The maximum Gasteiger partial charge on any atom is 0.508 e. The Labute approximate surface area is 217 Å². The van der Waals surface area contributed by atoms with Crippen molar-refractivity contribution in [1.29, 1.82) is 0 Å². The summed E-state index contributed by atoms with van der Waals surface area (Å²) in [5.41, 5.74) is 8.46. The van der Waals surface area contributed by atoms with Gasteiger partial charge in [-0.2, -0.15) is 4.37 Å². The highest BCUT2D eigenvalue weighted by atomic mass is 32.1. The number of ether oxygens (including phenoxy) is 4. The van der Waals surface area contributed by atoms with Crippen LogP contribution in [0.2, 0.25) is 0 Å².